The number of nitrogens with zero attached hydrogens (tertiary/aromatic N) is 4. The third-order valence-corrected chi connectivity index (χ3v) is 3.40. The second-order valence-corrected chi connectivity index (χ2v) is 4.85. The van der Waals surface area contributed by atoms with Crippen molar-refractivity contribution in [2.45, 2.75) is 0 Å². The summed E-state index contributed by atoms with van der Waals surface area (Å²) in [5.41, 5.74) is 10.7. The summed E-state index contributed by atoms with van der Waals surface area (Å²) in [5.74, 6) is 0.240. The molecule has 0 radical (unpaired) electrons. The van der Waals surface area contributed by atoms with Gasteiger partial charge in [0.15, 0.2) is 0 Å². The van der Waals surface area contributed by atoms with Gasteiger partial charge in [-0.3, -0.25) is 5.10 Å². The second kappa shape index (κ2) is 4.92. The molecule has 22 heavy (non-hydrogen) atoms. The molecule has 0 unspecified atom stereocenters. The van der Waals surface area contributed by atoms with Crippen LogP contribution in [0.5, 0.6) is 0 Å². The summed E-state index contributed by atoms with van der Waals surface area (Å²) < 4.78 is 0. The fourth-order valence-electron chi connectivity index (χ4n) is 2.38. The predicted octanol–water partition coefficient (Wildman–Crippen LogP) is 2.66. The Kier molecular flexibility index (Phi) is 2.79. The van der Waals surface area contributed by atoms with Crippen LogP contribution < -0.4 is 5.73 Å². The number of H-pyrrole nitrogens is 1. The van der Waals surface area contributed by atoms with Crippen molar-refractivity contribution < 1.29 is 0 Å². The number of benzene rings is 1. The molecule has 0 fully saturated rings. The van der Waals surface area contributed by atoms with Crippen molar-refractivity contribution in [3.8, 4) is 22.5 Å². The molecule has 3 N–H and O–H groups in total. The van der Waals surface area contributed by atoms with Crippen molar-refractivity contribution in [1.82, 2.24) is 25.1 Å². The van der Waals surface area contributed by atoms with Crippen LogP contribution in [0.4, 0.5) is 5.95 Å². The van der Waals surface area contributed by atoms with Gasteiger partial charge in [0, 0.05) is 17.3 Å². The molecular weight excluding hydrogens is 276 g/mol. The van der Waals surface area contributed by atoms with Crippen molar-refractivity contribution in [3.05, 3.63) is 54.9 Å². The number of hydrogen-bond donors (Lipinski definition) is 2. The Labute approximate surface area is 126 Å². The molecule has 3 heterocycles. The number of nitrogens with one attached hydrogen (secondary N) is 1. The third kappa shape index (κ3) is 2.07. The zero-order valence-corrected chi connectivity index (χ0v) is 11.6. The van der Waals surface area contributed by atoms with Crippen molar-refractivity contribution in [1.29, 1.82) is 0 Å². The van der Waals surface area contributed by atoms with Gasteiger partial charge >= 0.3 is 0 Å². The lowest BCUT2D eigenvalue weighted by Crippen LogP contribution is -2.00. The van der Waals surface area contributed by atoms with Crippen LogP contribution in [0.25, 0.3) is 33.5 Å². The molecule has 4 aromatic rings. The molecule has 3 aromatic heterocycles. The van der Waals surface area contributed by atoms with Crippen LogP contribution in [0.1, 0.15) is 0 Å². The van der Waals surface area contributed by atoms with Gasteiger partial charge < -0.3 is 5.73 Å². The molecule has 0 saturated carbocycles. The Balaban J connectivity index is 2.00. The van der Waals surface area contributed by atoms with E-state index < -0.39 is 0 Å². The summed E-state index contributed by atoms with van der Waals surface area (Å²) in [6.45, 7) is 0. The molecule has 0 spiro atoms. The van der Waals surface area contributed by atoms with Crippen molar-refractivity contribution >= 4 is 17.0 Å². The van der Waals surface area contributed by atoms with Gasteiger partial charge in [0.05, 0.1) is 17.4 Å². The second-order valence-electron chi connectivity index (χ2n) is 4.85. The van der Waals surface area contributed by atoms with Gasteiger partial charge in [0.2, 0.25) is 5.95 Å². The highest BCUT2D eigenvalue weighted by molar-refractivity contribution is 5.91. The van der Waals surface area contributed by atoms with Gasteiger partial charge in [-0.2, -0.15) is 5.10 Å². The van der Waals surface area contributed by atoms with E-state index in [4.69, 9.17) is 10.7 Å². The lowest BCUT2D eigenvalue weighted by atomic mass is 10.1. The minimum absolute atomic E-state index is 0.240. The number of aromatic amines is 1. The van der Waals surface area contributed by atoms with Crippen LogP contribution in [0.2, 0.25) is 0 Å². The number of nitrogens with two attached hydrogens (primary N) is 1. The Morgan fingerprint density at radius 3 is 2.50 bits per heavy atom. The zero-order chi connectivity index (χ0) is 14.9. The molecule has 0 atom stereocenters. The first-order valence-corrected chi connectivity index (χ1v) is 6.80. The maximum absolute atomic E-state index is 5.83. The number of nitrogen functional groups attached to an aromatic ring is 1. The molecule has 0 saturated heterocycles. The molecule has 0 aliphatic rings. The molecule has 1 aromatic carbocycles. The van der Waals surface area contributed by atoms with Gasteiger partial charge in [-0.1, -0.05) is 30.3 Å². The highest BCUT2D eigenvalue weighted by Crippen LogP contribution is 2.27. The SMILES string of the molecule is Nc1nc(-c2ccccc2)c2nc(-c3cn[nH]c3)ccc2n1. The van der Waals surface area contributed by atoms with Crippen molar-refractivity contribution in [2.75, 3.05) is 5.73 Å². The summed E-state index contributed by atoms with van der Waals surface area (Å²) >= 11 is 0. The van der Waals surface area contributed by atoms with Crippen molar-refractivity contribution in [2.24, 2.45) is 0 Å². The average Bonchev–Trinajstić information content (AvgIpc) is 3.09. The van der Waals surface area contributed by atoms with Gasteiger partial charge in [-0.15, -0.1) is 0 Å². The number of fused-ring (bicyclic) bond motifs is 1. The van der Waals surface area contributed by atoms with Crippen LogP contribution in [-0.2, 0) is 0 Å². The average molecular weight is 288 g/mol. The van der Waals surface area contributed by atoms with Crippen LogP contribution in [0.15, 0.2) is 54.9 Å². The van der Waals surface area contributed by atoms with E-state index >= 15 is 0 Å². The number of rotatable bonds is 2. The zero-order valence-electron chi connectivity index (χ0n) is 11.6. The number of aromatic nitrogens is 5. The smallest absolute Gasteiger partial charge is 0.221 e. The molecule has 6 heteroatoms. The fourth-order valence-corrected chi connectivity index (χ4v) is 2.38. The fraction of sp³-hybridized carbons (Fsp3) is 0. The van der Waals surface area contributed by atoms with E-state index in [0.717, 1.165) is 33.5 Å². The van der Waals surface area contributed by atoms with Gasteiger partial charge in [-0.05, 0) is 12.1 Å². The maximum atomic E-state index is 5.83. The first-order valence-electron chi connectivity index (χ1n) is 6.80. The van der Waals surface area contributed by atoms with E-state index in [-0.39, 0.29) is 5.95 Å². The molecule has 0 aliphatic heterocycles. The molecule has 6 nitrogen and oxygen atoms in total. The summed E-state index contributed by atoms with van der Waals surface area (Å²) in [7, 11) is 0. The van der Waals surface area contributed by atoms with Gasteiger partial charge in [0.25, 0.3) is 0 Å². The topological polar surface area (TPSA) is 93.4 Å². The van der Waals surface area contributed by atoms with Crippen LogP contribution in [-0.4, -0.2) is 25.1 Å². The Morgan fingerprint density at radius 2 is 1.73 bits per heavy atom. The van der Waals surface area contributed by atoms with E-state index in [9.17, 15) is 0 Å². The van der Waals surface area contributed by atoms with Crippen LogP contribution in [0, 0.1) is 0 Å². The number of pyridine rings is 1. The van der Waals surface area contributed by atoms with E-state index in [1.165, 1.54) is 0 Å². The van der Waals surface area contributed by atoms with Crippen LogP contribution in [0.3, 0.4) is 0 Å². The quantitative estimate of drug-likeness (QED) is 0.591. The monoisotopic (exact) mass is 288 g/mol. The number of anilines is 1. The van der Waals surface area contributed by atoms with E-state index in [1.54, 1.807) is 12.4 Å². The molecule has 0 aliphatic carbocycles. The highest BCUT2D eigenvalue weighted by atomic mass is 15.1. The normalized spacial score (nSPS) is 10.9. The standard InChI is InChI=1S/C16H12N6/c17-16-21-13-7-6-12(11-8-18-19-9-11)20-15(13)14(22-16)10-4-2-1-3-5-10/h1-9H,(H,18,19)(H2,17,21,22). The summed E-state index contributed by atoms with van der Waals surface area (Å²) in [5, 5.41) is 6.75. The first kappa shape index (κ1) is 12.5. The lowest BCUT2D eigenvalue weighted by molar-refractivity contribution is 1.09. The largest absolute Gasteiger partial charge is 0.368 e. The molecule has 0 amide bonds. The Bertz CT molecular complexity index is 932. The minimum atomic E-state index is 0.240. The summed E-state index contributed by atoms with van der Waals surface area (Å²) in [6.07, 6.45) is 3.53. The molecular formula is C16H12N6. The summed E-state index contributed by atoms with van der Waals surface area (Å²) in [6, 6.07) is 13.6. The molecule has 4 rings (SSSR count). The van der Waals surface area contributed by atoms with E-state index in [2.05, 4.69) is 20.2 Å². The minimum Gasteiger partial charge on any atom is -0.368 e. The first-order chi connectivity index (χ1) is 10.8. The maximum Gasteiger partial charge on any atom is 0.221 e. The van der Waals surface area contributed by atoms with Gasteiger partial charge in [-0.25, -0.2) is 15.0 Å². The highest BCUT2D eigenvalue weighted by Gasteiger charge is 2.11. The van der Waals surface area contributed by atoms with Crippen molar-refractivity contribution in [3.63, 3.8) is 0 Å². The molecule has 0 bridgehead atoms. The Hall–Kier alpha value is -3.28. The van der Waals surface area contributed by atoms with E-state index in [0.29, 0.717) is 0 Å². The number of hydrogen-bond acceptors (Lipinski definition) is 5. The molecule has 106 valence electrons. The van der Waals surface area contributed by atoms with Crippen LogP contribution >= 0.6 is 0 Å². The van der Waals surface area contributed by atoms with E-state index in [1.807, 2.05) is 42.5 Å². The Morgan fingerprint density at radius 1 is 0.864 bits per heavy atom. The lowest BCUT2D eigenvalue weighted by Gasteiger charge is -2.07. The summed E-state index contributed by atoms with van der Waals surface area (Å²) in [4.78, 5) is 13.3. The third-order valence-electron chi connectivity index (χ3n) is 3.40. The predicted molar refractivity (Wildman–Crippen MR) is 84.8 cm³/mol. The van der Waals surface area contributed by atoms with Gasteiger partial charge in [0.1, 0.15) is 11.2 Å².